The molecule has 0 unspecified atom stereocenters. The van der Waals surface area contributed by atoms with Gasteiger partial charge in [0.2, 0.25) is 0 Å². The Balaban J connectivity index is 1.61. The molecule has 3 aromatic carbocycles. The Morgan fingerprint density at radius 3 is 1.90 bits per heavy atom. The summed E-state index contributed by atoms with van der Waals surface area (Å²) in [5.41, 5.74) is 3.03. The Bertz CT molecular complexity index is 810. The first-order valence-electron chi connectivity index (χ1n) is 10.1. The molecule has 4 nitrogen and oxygen atoms in total. The van der Waals surface area contributed by atoms with E-state index in [2.05, 4.69) is 0 Å². The van der Waals surface area contributed by atoms with E-state index in [0.29, 0.717) is 6.61 Å². The zero-order chi connectivity index (χ0) is 20.2. The zero-order valence-electron chi connectivity index (χ0n) is 16.7. The van der Waals surface area contributed by atoms with Gasteiger partial charge in [-0.3, -0.25) is 0 Å². The molecular weight excluding hydrogens is 360 g/mol. The van der Waals surface area contributed by atoms with Crippen molar-refractivity contribution in [2.45, 2.75) is 25.7 Å². The predicted octanol–water partition coefficient (Wildman–Crippen LogP) is 5.79. The molecule has 0 aromatic heterocycles. The summed E-state index contributed by atoms with van der Waals surface area (Å²) in [5.74, 6) is 0.868. The number of aliphatic hydroxyl groups is 1. The summed E-state index contributed by atoms with van der Waals surface area (Å²) in [6, 6.07) is 28.2. The Morgan fingerprint density at radius 2 is 1.31 bits per heavy atom. The molecule has 0 amide bonds. The van der Waals surface area contributed by atoms with Crippen LogP contribution in [0.15, 0.2) is 90.0 Å². The topological polar surface area (TPSA) is 45.1 Å². The van der Waals surface area contributed by atoms with Crippen LogP contribution in [0.3, 0.4) is 0 Å². The second-order valence-corrected chi connectivity index (χ2v) is 6.78. The highest BCUT2D eigenvalue weighted by atomic mass is 16.5. The average molecular weight is 389 g/mol. The molecule has 0 heterocycles. The maximum absolute atomic E-state index is 8.79. The first-order valence-corrected chi connectivity index (χ1v) is 10.1. The number of ether oxygens (including phenoxy) is 1. The highest BCUT2D eigenvalue weighted by molar-refractivity contribution is 5.81. The largest absolute Gasteiger partial charge is 0.494 e. The van der Waals surface area contributed by atoms with Crippen LogP contribution in [0.1, 0.15) is 31.2 Å². The minimum absolute atomic E-state index is 0.274. The maximum Gasteiger partial charge on any atom is 0.119 e. The molecule has 4 heteroatoms. The van der Waals surface area contributed by atoms with E-state index in [0.717, 1.165) is 48.4 Å². The van der Waals surface area contributed by atoms with Crippen molar-refractivity contribution in [1.82, 2.24) is 0 Å². The van der Waals surface area contributed by atoms with Gasteiger partial charge in [0, 0.05) is 6.61 Å². The van der Waals surface area contributed by atoms with Crippen molar-refractivity contribution in [3.63, 3.8) is 0 Å². The molecule has 0 aliphatic carbocycles. The summed E-state index contributed by atoms with van der Waals surface area (Å²) >= 11 is 0. The minimum Gasteiger partial charge on any atom is -0.494 e. The van der Waals surface area contributed by atoms with E-state index in [9.17, 15) is 0 Å². The normalized spacial score (nSPS) is 10.9. The Kier molecular flexibility index (Phi) is 8.30. The van der Waals surface area contributed by atoms with Crippen molar-refractivity contribution < 1.29 is 9.84 Å². The molecule has 0 saturated carbocycles. The standard InChI is InChI=1S/C25H28N2O2/c28-19-9-1-2-10-20-29-25-17-15-22(16-18-25)21-26-27(23-11-5-3-6-12-23)24-13-7-4-8-14-24/h3-8,11-18,21,28H,1-2,9-10,19-20H2/b26-21+. The number of hydrogen-bond donors (Lipinski definition) is 1. The number of benzene rings is 3. The van der Waals surface area contributed by atoms with Crippen molar-refractivity contribution in [3.8, 4) is 5.75 Å². The summed E-state index contributed by atoms with van der Waals surface area (Å²) in [6.45, 7) is 0.977. The van der Waals surface area contributed by atoms with Gasteiger partial charge in [-0.05, 0) is 73.4 Å². The van der Waals surface area contributed by atoms with E-state index in [-0.39, 0.29) is 6.61 Å². The number of hydrogen-bond acceptors (Lipinski definition) is 4. The van der Waals surface area contributed by atoms with Gasteiger partial charge in [0.05, 0.1) is 24.2 Å². The van der Waals surface area contributed by atoms with E-state index in [4.69, 9.17) is 14.9 Å². The zero-order valence-corrected chi connectivity index (χ0v) is 16.7. The molecule has 0 radical (unpaired) electrons. The molecule has 1 N–H and O–H groups in total. The molecule has 0 fully saturated rings. The Morgan fingerprint density at radius 1 is 0.724 bits per heavy atom. The van der Waals surface area contributed by atoms with E-state index < -0.39 is 0 Å². The number of nitrogens with zero attached hydrogens (tertiary/aromatic N) is 2. The molecule has 0 atom stereocenters. The first-order chi connectivity index (χ1) is 14.4. The van der Waals surface area contributed by atoms with Gasteiger partial charge in [-0.25, -0.2) is 5.01 Å². The van der Waals surface area contributed by atoms with Crippen molar-refractivity contribution in [2.75, 3.05) is 18.2 Å². The van der Waals surface area contributed by atoms with Crippen molar-refractivity contribution in [3.05, 3.63) is 90.5 Å². The smallest absolute Gasteiger partial charge is 0.119 e. The van der Waals surface area contributed by atoms with Gasteiger partial charge in [0.1, 0.15) is 5.75 Å². The number of para-hydroxylation sites is 2. The number of rotatable bonds is 11. The summed E-state index contributed by atoms with van der Waals surface area (Å²) in [6.07, 6.45) is 5.87. The first kappa shape index (κ1) is 20.6. The van der Waals surface area contributed by atoms with Crippen LogP contribution in [0.5, 0.6) is 5.75 Å². The molecule has 0 aliphatic rings. The second kappa shape index (κ2) is 11.7. The highest BCUT2D eigenvalue weighted by Crippen LogP contribution is 2.25. The summed E-state index contributed by atoms with van der Waals surface area (Å²) in [4.78, 5) is 0. The number of aliphatic hydroxyl groups excluding tert-OH is 1. The molecule has 150 valence electrons. The van der Waals surface area contributed by atoms with Crippen LogP contribution in [-0.4, -0.2) is 24.5 Å². The third kappa shape index (κ3) is 6.77. The van der Waals surface area contributed by atoms with Crippen LogP contribution >= 0.6 is 0 Å². The van der Waals surface area contributed by atoms with Crippen LogP contribution in [0, 0.1) is 0 Å². The SMILES string of the molecule is OCCCCCCOc1ccc(/C=N/N(c2ccccc2)c2ccccc2)cc1. The molecule has 0 aliphatic heterocycles. The summed E-state index contributed by atoms with van der Waals surface area (Å²) < 4.78 is 5.79. The van der Waals surface area contributed by atoms with Gasteiger partial charge in [-0.15, -0.1) is 0 Å². The van der Waals surface area contributed by atoms with Crippen molar-refractivity contribution in [1.29, 1.82) is 0 Å². The van der Waals surface area contributed by atoms with Gasteiger partial charge in [0.25, 0.3) is 0 Å². The monoisotopic (exact) mass is 388 g/mol. The minimum atomic E-state index is 0.274. The number of anilines is 2. The van der Waals surface area contributed by atoms with Gasteiger partial charge in [-0.1, -0.05) is 42.8 Å². The van der Waals surface area contributed by atoms with Crippen LogP contribution in [0.4, 0.5) is 11.4 Å². The lowest BCUT2D eigenvalue weighted by Crippen LogP contribution is -2.09. The lowest BCUT2D eigenvalue weighted by Gasteiger charge is -2.19. The van der Waals surface area contributed by atoms with Crippen LogP contribution in [0.25, 0.3) is 0 Å². The van der Waals surface area contributed by atoms with Crippen LogP contribution < -0.4 is 9.75 Å². The molecule has 0 saturated heterocycles. The lowest BCUT2D eigenvalue weighted by molar-refractivity contribution is 0.273. The molecule has 0 bridgehead atoms. The fourth-order valence-electron chi connectivity index (χ4n) is 2.95. The van der Waals surface area contributed by atoms with E-state index in [1.807, 2.05) is 96.2 Å². The van der Waals surface area contributed by atoms with Gasteiger partial charge in [-0.2, -0.15) is 5.10 Å². The highest BCUT2D eigenvalue weighted by Gasteiger charge is 2.06. The molecule has 3 rings (SSSR count). The van der Waals surface area contributed by atoms with E-state index in [1.165, 1.54) is 0 Å². The third-order valence-electron chi connectivity index (χ3n) is 4.53. The summed E-state index contributed by atoms with van der Waals surface area (Å²) in [7, 11) is 0. The number of hydrazone groups is 1. The quantitative estimate of drug-likeness (QED) is 0.257. The number of unbranched alkanes of at least 4 members (excludes halogenated alkanes) is 3. The molecule has 3 aromatic rings. The second-order valence-electron chi connectivity index (χ2n) is 6.78. The Labute approximate surface area is 173 Å². The van der Waals surface area contributed by atoms with Crippen LogP contribution in [0.2, 0.25) is 0 Å². The van der Waals surface area contributed by atoms with E-state index in [1.54, 1.807) is 0 Å². The van der Waals surface area contributed by atoms with Gasteiger partial charge < -0.3 is 9.84 Å². The van der Waals surface area contributed by atoms with Gasteiger partial charge >= 0.3 is 0 Å². The van der Waals surface area contributed by atoms with Gasteiger partial charge in [0.15, 0.2) is 0 Å². The lowest BCUT2D eigenvalue weighted by atomic mass is 10.2. The third-order valence-corrected chi connectivity index (χ3v) is 4.53. The molecule has 0 spiro atoms. The predicted molar refractivity (Wildman–Crippen MR) is 120 cm³/mol. The fourth-order valence-corrected chi connectivity index (χ4v) is 2.95. The van der Waals surface area contributed by atoms with Crippen molar-refractivity contribution >= 4 is 17.6 Å². The fraction of sp³-hybridized carbons (Fsp3) is 0.240. The van der Waals surface area contributed by atoms with Crippen LogP contribution in [-0.2, 0) is 0 Å². The molecule has 29 heavy (non-hydrogen) atoms. The average Bonchev–Trinajstić information content (AvgIpc) is 2.79. The summed E-state index contributed by atoms with van der Waals surface area (Å²) in [5, 5.41) is 15.4. The maximum atomic E-state index is 8.79. The van der Waals surface area contributed by atoms with Crippen molar-refractivity contribution in [2.24, 2.45) is 5.10 Å². The van der Waals surface area contributed by atoms with E-state index >= 15 is 0 Å². The Hall–Kier alpha value is -3.11. The molecular formula is C25H28N2O2.